The van der Waals surface area contributed by atoms with E-state index in [4.69, 9.17) is 0 Å². The summed E-state index contributed by atoms with van der Waals surface area (Å²) in [7, 11) is 0. The minimum absolute atomic E-state index is 0.306. The second-order valence-corrected chi connectivity index (χ2v) is 3.26. The second-order valence-electron chi connectivity index (χ2n) is 3.26. The first-order valence-electron chi connectivity index (χ1n) is 4.94. The highest BCUT2D eigenvalue weighted by molar-refractivity contribution is 5.10. The van der Waals surface area contributed by atoms with Gasteiger partial charge in [0, 0.05) is 11.8 Å². The van der Waals surface area contributed by atoms with Gasteiger partial charge < -0.3 is 0 Å². The molecule has 1 heterocycles. The highest BCUT2D eigenvalue weighted by Gasteiger charge is 2.00. The quantitative estimate of drug-likeness (QED) is 0.501. The van der Waals surface area contributed by atoms with E-state index in [9.17, 15) is 4.39 Å². The second kappa shape index (κ2) is 5.68. The summed E-state index contributed by atoms with van der Waals surface area (Å²) in [5, 5.41) is 0. The summed E-state index contributed by atoms with van der Waals surface area (Å²) < 4.78 is 13.0. The van der Waals surface area contributed by atoms with Crippen molar-refractivity contribution in [2.45, 2.75) is 39.0 Å². The van der Waals surface area contributed by atoms with E-state index in [2.05, 4.69) is 11.9 Å². The Bertz CT molecular complexity index is 248. The highest BCUT2D eigenvalue weighted by Crippen LogP contribution is 2.09. The third kappa shape index (κ3) is 3.53. The van der Waals surface area contributed by atoms with E-state index >= 15 is 0 Å². The van der Waals surface area contributed by atoms with Gasteiger partial charge in [-0.3, -0.25) is 0 Å². The Labute approximate surface area is 79.0 Å². The van der Waals surface area contributed by atoms with Crippen LogP contribution in [0.15, 0.2) is 18.3 Å². The number of unbranched alkanes of at least 4 members (excludes halogenated alkanes) is 3. The van der Waals surface area contributed by atoms with Crippen LogP contribution < -0.4 is 0 Å². The molecule has 0 aliphatic heterocycles. The molecule has 1 rings (SSSR count). The first-order valence-corrected chi connectivity index (χ1v) is 4.94. The molecule has 0 aliphatic carbocycles. The number of aromatic nitrogens is 1. The SMILES string of the molecule is CCCCCCc1cccnc1F. The molecule has 1 nitrogen and oxygen atoms in total. The van der Waals surface area contributed by atoms with Crippen LogP contribution >= 0.6 is 0 Å². The molecular weight excluding hydrogens is 165 g/mol. The molecule has 72 valence electrons. The number of hydrogen-bond donors (Lipinski definition) is 0. The van der Waals surface area contributed by atoms with E-state index in [1.807, 2.05) is 6.07 Å². The number of pyridine rings is 1. The molecule has 0 aromatic carbocycles. The Morgan fingerprint density at radius 3 is 2.85 bits per heavy atom. The lowest BCUT2D eigenvalue weighted by Crippen LogP contribution is -1.93. The Hall–Kier alpha value is -0.920. The topological polar surface area (TPSA) is 12.9 Å². The lowest BCUT2D eigenvalue weighted by atomic mass is 10.1. The van der Waals surface area contributed by atoms with Gasteiger partial charge in [-0.25, -0.2) is 4.98 Å². The molecule has 1 aromatic rings. The van der Waals surface area contributed by atoms with Gasteiger partial charge in [-0.1, -0.05) is 32.3 Å². The van der Waals surface area contributed by atoms with Gasteiger partial charge in [0.1, 0.15) is 0 Å². The smallest absolute Gasteiger partial charge is 0.216 e. The normalized spacial score (nSPS) is 10.3. The number of hydrogen-bond acceptors (Lipinski definition) is 1. The summed E-state index contributed by atoms with van der Waals surface area (Å²) in [6.07, 6.45) is 7.02. The number of aryl methyl sites for hydroxylation is 1. The zero-order valence-electron chi connectivity index (χ0n) is 8.09. The Kier molecular flexibility index (Phi) is 4.44. The molecule has 0 N–H and O–H groups in total. The summed E-state index contributed by atoms with van der Waals surface area (Å²) >= 11 is 0. The summed E-state index contributed by atoms with van der Waals surface area (Å²) in [4.78, 5) is 3.61. The summed E-state index contributed by atoms with van der Waals surface area (Å²) in [5.41, 5.74) is 0.749. The Morgan fingerprint density at radius 1 is 1.31 bits per heavy atom. The van der Waals surface area contributed by atoms with Crippen LogP contribution in [0.3, 0.4) is 0 Å². The molecule has 0 unspecified atom stereocenters. The molecule has 0 saturated heterocycles. The number of rotatable bonds is 5. The minimum Gasteiger partial charge on any atom is -0.228 e. The van der Waals surface area contributed by atoms with Gasteiger partial charge in [0.2, 0.25) is 5.95 Å². The van der Waals surface area contributed by atoms with Gasteiger partial charge in [0.05, 0.1) is 0 Å². The molecule has 13 heavy (non-hydrogen) atoms. The van der Waals surface area contributed by atoms with E-state index < -0.39 is 0 Å². The zero-order valence-corrected chi connectivity index (χ0v) is 8.09. The van der Waals surface area contributed by atoms with Crippen molar-refractivity contribution in [2.75, 3.05) is 0 Å². The maximum Gasteiger partial charge on any atom is 0.216 e. The van der Waals surface area contributed by atoms with Crippen LogP contribution in [0.5, 0.6) is 0 Å². The van der Waals surface area contributed by atoms with Crippen LogP contribution in [-0.2, 0) is 6.42 Å². The average Bonchev–Trinajstić information content (AvgIpc) is 2.15. The standard InChI is InChI=1S/C11H16FN/c1-2-3-4-5-7-10-8-6-9-13-11(10)12/h6,8-9H,2-5,7H2,1H3. The molecular formula is C11H16FN. The minimum atomic E-state index is -0.306. The van der Waals surface area contributed by atoms with Crippen LogP contribution in [0, 0.1) is 5.95 Å². The van der Waals surface area contributed by atoms with Crippen molar-refractivity contribution in [3.8, 4) is 0 Å². The van der Waals surface area contributed by atoms with Crippen molar-refractivity contribution in [3.63, 3.8) is 0 Å². The molecule has 1 aromatic heterocycles. The maximum atomic E-state index is 13.0. The molecule has 0 spiro atoms. The predicted molar refractivity (Wildman–Crippen MR) is 52.0 cm³/mol. The zero-order chi connectivity index (χ0) is 9.52. The van der Waals surface area contributed by atoms with E-state index in [1.165, 1.54) is 25.5 Å². The average molecular weight is 181 g/mol. The molecule has 0 fully saturated rings. The largest absolute Gasteiger partial charge is 0.228 e. The van der Waals surface area contributed by atoms with Crippen LogP contribution in [0.25, 0.3) is 0 Å². The van der Waals surface area contributed by atoms with Crippen LogP contribution in [0.2, 0.25) is 0 Å². The summed E-state index contributed by atoms with van der Waals surface area (Å²) in [6, 6.07) is 3.60. The molecule has 2 heteroatoms. The van der Waals surface area contributed by atoms with Crippen molar-refractivity contribution in [1.82, 2.24) is 4.98 Å². The molecule has 0 atom stereocenters. The van der Waals surface area contributed by atoms with Crippen LogP contribution in [0.1, 0.15) is 38.2 Å². The van der Waals surface area contributed by atoms with Crippen molar-refractivity contribution < 1.29 is 4.39 Å². The first kappa shape index (κ1) is 10.2. The summed E-state index contributed by atoms with van der Waals surface area (Å²) in [5.74, 6) is -0.306. The first-order chi connectivity index (χ1) is 6.34. The van der Waals surface area contributed by atoms with E-state index in [0.717, 1.165) is 18.4 Å². The number of nitrogens with zero attached hydrogens (tertiary/aromatic N) is 1. The van der Waals surface area contributed by atoms with Gasteiger partial charge in [-0.2, -0.15) is 4.39 Å². The Morgan fingerprint density at radius 2 is 2.15 bits per heavy atom. The van der Waals surface area contributed by atoms with Crippen molar-refractivity contribution in [2.24, 2.45) is 0 Å². The van der Waals surface area contributed by atoms with E-state index in [-0.39, 0.29) is 5.95 Å². The number of halogens is 1. The van der Waals surface area contributed by atoms with Crippen LogP contribution in [0.4, 0.5) is 4.39 Å². The van der Waals surface area contributed by atoms with Gasteiger partial charge in [-0.15, -0.1) is 0 Å². The van der Waals surface area contributed by atoms with Gasteiger partial charge in [-0.05, 0) is 18.9 Å². The lowest BCUT2D eigenvalue weighted by molar-refractivity contribution is 0.557. The van der Waals surface area contributed by atoms with Gasteiger partial charge >= 0.3 is 0 Å². The van der Waals surface area contributed by atoms with Crippen molar-refractivity contribution >= 4 is 0 Å². The lowest BCUT2D eigenvalue weighted by Gasteiger charge is -2.00. The fraction of sp³-hybridized carbons (Fsp3) is 0.545. The van der Waals surface area contributed by atoms with Crippen molar-refractivity contribution in [1.29, 1.82) is 0 Å². The molecule has 0 amide bonds. The molecule has 0 radical (unpaired) electrons. The van der Waals surface area contributed by atoms with Crippen LogP contribution in [-0.4, -0.2) is 4.98 Å². The monoisotopic (exact) mass is 181 g/mol. The fourth-order valence-electron chi connectivity index (χ4n) is 1.35. The molecule has 0 aliphatic rings. The third-order valence-corrected chi connectivity index (χ3v) is 2.14. The van der Waals surface area contributed by atoms with Gasteiger partial charge in [0.15, 0.2) is 0 Å². The predicted octanol–water partition coefficient (Wildman–Crippen LogP) is 3.34. The van der Waals surface area contributed by atoms with E-state index in [1.54, 1.807) is 6.07 Å². The maximum absolute atomic E-state index is 13.0. The van der Waals surface area contributed by atoms with Crippen molar-refractivity contribution in [3.05, 3.63) is 29.8 Å². The van der Waals surface area contributed by atoms with Gasteiger partial charge in [0.25, 0.3) is 0 Å². The van der Waals surface area contributed by atoms with E-state index in [0.29, 0.717) is 0 Å². The summed E-state index contributed by atoms with van der Waals surface area (Å²) in [6.45, 7) is 2.17. The molecule has 0 bridgehead atoms. The highest BCUT2D eigenvalue weighted by atomic mass is 19.1. The molecule has 0 saturated carbocycles. The fourth-order valence-corrected chi connectivity index (χ4v) is 1.35. The Balaban J connectivity index is 2.32. The third-order valence-electron chi connectivity index (χ3n) is 2.14.